The van der Waals surface area contributed by atoms with Crippen molar-refractivity contribution in [1.82, 2.24) is 4.90 Å². The molecule has 1 fully saturated rings. The van der Waals surface area contributed by atoms with Crippen LogP contribution in [0.4, 0.5) is 5.69 Å². The lowest BCUT2D eigenvalue weighted by Gasteiger charge is -2.14. The van der Waals surface area contributed by atoms with E-state index < -0.39 is 11.9 Å². The number of anilines is 1. The molecule has 1 aliphatic rings. The first-order valence-corrected chi connectivity index (χ1v) is 10.9. The van der Waals surface area contributed by atoms with Crippen molar-refractivity contribution in [1.29, 1.82) is 0 Å². The molecule has 1 aliphatic carbocycles. The number of hydrogen-bond donors (Lipinski definition) is 2. The van der Waals surface area contributed by atoms with Gasteiger partial charge in [-0.15, -0.1) is 0 Å². The molecule has 0 unspecified atom stereocenters. The number of nitrogens with zero attached hydrogens (tertiary/aromatic N) is 1. The van der Waals surface area contributed by atoms with Crippen molar-refractivity contribution in [2.24, 2.45) is 5.92 Å². The lowest BCUT2D eigenvalue weighted by Crippen LogP contribution is -2.19. The number of ether oxygens (including phenoxy) is 3. The average Bonchev–Trinajstić information content (AvgIpc) is 3.61. The largest absolute Gasteiger partial charge is 0.493 e. The molecule has 2 aromatic rings. The van der Waals surface area contributed by atoms with Gasteiger partial charge in [-0.1, -0.05) is 12.1 Å². The van der Waals surface area contributed by atoms with Gasteiger partial charge in [0.1, 0.15) is 11.5 Å². The SMILES string of the molecule is CN(C)CCOCOc1cc(OCC2CC2)ccc1/C=C/C(=O)Nc1ccccc1C(=O)O. The fraction of sp³-hybridized carbons (Fsp3) is 0.360. The summed E-state index contributed by atoms with van der Waals surface area (Å²) in [5, 5.41) is 11.9. The van der Waals surface area contributed by atoms with Crippen LogP contribution in [0.25, 0.3) is 6.08 Å². The molecule has 0 atom stereocenters. The normalized spacial score (nSPS) is 13.3. The highest BCUT2D eigenvalue weighted by atomic mass is 16.7. The van der Waals surface area contributed by atoms with E-state index in [4.69, 9.17) is 14.2 Å². The number of amides is 1. The molecule has 3 rings (SSSR count). The number of aromatic carboxylic acids is 1. The van der Waals surface area contributed by atoms with Gasteiger partial charge in [0, 0.05) is 24.3 Å². The Hall–Kier alpha value is -3.36. The number of benzene rings is 2. The zero-order chi connectivity index (χ0) is 23.6. The summed E-state index contributed by atoms with van der Waals surface area (Å²) in [4.78, 5) is 25.7. The van der Waals surface area contributed by atoms with E-state index in [9.17, 15) is 14.7 Å². The van der Waals surface area contributed by atoms with Crippen molar-refractivity contribution in [3.8, 4) is 11.5 Å². The zero-order valence-electron chi connectivity index (χ0n) is 19.0. The molecule has 8 nitrogen and oxygen atoms in total. The summed E-state index contributed by atoms with van der Waals surface area (Å²) < 4.78 is 17.2. The number of nitrogens with one attached hydrogen (secondary N) is 1. The van der Waals surface area contributed by atoms with E-state index in [1.54, 1.807) is 30.3 Å². The highest BCUT2D eigenvalue weighted by molar-refractivity contribution is 6.06. The number of carbonyl (C=O) groups is 2. The van der Waals surface area contributed by atoms with E-state index in [1.807, 2.05) is 31.1 Å². The second-order valence-corrected chi connectivity index (χ2v) is 8.10. The Balaban J connectivity index is 1.66. The highest BCUT2D eigenvalue weighted by Gasteiger charge is 2.22. The fourth-order valence-electron chi connectivity index (χ4n) is 2.90. The topological polar surface area (TPSA) is 97.3 Å². The molecule has 0 heterocycles. The third kappa shape index (κ3) is 8.25. The molecule has 0 spiro atoms. The minimum atomic E-state index is -1.11. The van der Waals surface area contributed by atoms with E-state index in [2.05, 4.69) is 5.32 Å². The van der Waals surface area contributed by atoms with Crippen molar-refractivity contribution in [3.05, 3.63) is 59.7 Å². The van der Waals surface area contributed by atoms with E-state index in [0.29, 0.717) is 36.2 Å². The maximum atomic E-state index is 12.4. The minimum Gasteiger partial charge on any atom is -0.493 e. The number of carboxylic acids is 1. The molecular weight excluding hydrogens is 424 g/mol. The number of likely N-dealkylation sites (N-methyl/N-ethyl adjacent to an activating group) is 1. The Morgan fingerprint density at radius 3 is 2.67 bits per heavy atom. The molecule has 33 heavy (non-hydrogen) atoms. The second-order valence-electron chi connectivity index (χ2n) is 8.10. The molecule has 1 amide bonds. The number of carbonyl (C=O) groups excluding carboxylic acids is 1. The third-order valence-corrected chi connectivity index (χ3v) is 4.98. The second kappa shape index (κ2) is 12.0. The lowest BCUT2D eigenvalue weighted by molar-refractivity contribution is -0.111. The van der Waals surface area contributed by atoms with Crippen LogP contribution >= 0.6 is 0 Å². The summed E-state index contributed by atoms with van der Waals surface area (Å²) in [6.07, 6.45) is 5.34. The molecule has 1 saturated carbocycles. The summed E-state index contributed by atoms with van der Waals surface area (Å²) in [6.45, 7) is 2.05. The molecule has 2 aromatic carbocycles. The van der Waals surface area contributed by atoms with Gasteiger partial charge < -0.3 is 29.5 Å². The van der Waals surface area contributed by atoms with Crippen LogP contribution in [0.15, 0.2) is 48.5 Å². The zero-order valence-corrected chi connectivity index (χ0v) is 19.0. The third-order valence-electron chi connectivity index (χ3n) is 4.98. The van der Waals surface area contributed by atoms with E-state index in [0.717, 1.165) is 6.54 Å². The minimum absolute atomic E-state index is 0.0234. The predicted octanol–water partition coefficient (Wildman–Crippen LogP) is 3.74. The molecule has 8 heteroatoms. The molecule has 176 valence electrons. The maximum absolute atomic E-state index is 12.4. The first-order valence-electron chi connectivity index (χ1n) is 10.9. The Labute approximate surface area is 193 Å². The van der Waals surface area contributed by atoms with Crippen LogP contribution in [0.1, 0.15) is 28.8 Å². The molecule has 0 aliphatic heterocycles. The predicted molar refractivity (Wildman–Crippen MR) is 126 cm³/mol. The van der Waals surface area contributed by atoms with Crippen molar-refractivity contribution in [3.63, 3.8) is 0 Å². The van der Waals surface area contributed by atoms with E-state index in [1.165, 1.54) is 25.0 Å². The van der Waals surface area contributed by atoms with Crippen LogP contribution < -0.4 is 14.8 Å². The van der Waals surface area contributed by atoms with Crippen LogP contribution in [-0.4, -0.2) is 62.5 Å². The lowest BCUT2D eigenvalue weighted by atomic mass is 10.1. The van der Waals surface area contributed by atoms with Gasteiger partial charge in [-0.2, -0.15) is 0 Å². The molecule has 0 aromatic heterocycles. The molecular formula is C25H30N2O6. The molecule has 0 saturated heterocycles. The number of rotatable bonds is 13. The van der Waals surface area contributed by atoms with Gasteiger partial charge in [-0.05, 0) is 63.2 Å². The number of para-hydroxylation sites is 1. The Kier molecular flexibility index (Phi) is 8.86. The van der Waals surface area contributed by atoms with E-state index >= 15 is 0 Å². The molecule has 0 radical (unpaired) electrons. The van der Waals surface area contributed by atoms with Gasteiger partial charge in [0.15, 0.2) is 6.79 Å². The van der Waals surface area contributed by atoms with Gasteiger partial charge in [0.05, 0.1) is 24.5 Å². The standard InChI is InChI=1S/C25H30N2O6/c1-27(2)13-14-31-17-33-23-15-20(32-16-18-7-8-18)11-9-19(23)10-12-24(28)26-22-6-4-3-5-21(22)25(29)30/h3-6,9-12,15,18H,7-8,13-14,16-17H2,1-2H3,(H,26,28)(H,29,30)/b12-10+. The van der Waals surface area contributed by atoms with Crippen molar-refractivity contribution in [2.75, 3.05) is 46.0 Å². The Morgan fingerprint density at radius 2 is 1.94 bits per heavy atom. The summed E-state index contributed by atoms with van der Waals surface area (Å²) in [6, 6.07) is 11.7. The van der Waals surface area contributed by atoms with Gasteiger partial charge in [0.25, 0.3) is 0 Å². The van der Waals surface area contributed by atoms with Gasteiger partial charge in [-0.25, -0.2) is 4.79 Å². The van der Waals surface area contributed by atoms with Crippen LogP contribution in [0.3, 0.4) is 0 Å². The van der Waals surface area contributed by atoms with Crippen molar-refractivity contribution >= 4 is 23.6 Å². The number of carboxylic acid groups (broad SMARTS) is 1. The first kappa shape index (κ1) is 24.3. The summed E-state index contributed by atoms with van der Waals surface area (Å²) in [7, 11) is 3.93. The average molecular weight is 455 g/mol. The Bertz CT molecular complexity index is 985. The van der Waals surface area contributed by atoms with Crippen molar-refractivity contribution in [2.45, 2.75) is 12.8 Å². The maximum Gasteiger partial charge on any atom is 0.337 e. The van der Waals surface area contributed by atoms with Gasteiger partial charge in [0.2, 0.25) is 5.91 Å². The number of hydrogen-bond acceptors (Lipinski definition) is 6. The Morgan fingerprint density at radius 1 is 1.15 bits per heavy atom. The summed E-state index contributed by atoms with van der Waals surface area (Å²) in [5.41, 5.74) is 0.927. The smallest absolute Gasteiger partial charge is 0.337 e. The first-order chi connectivity index (χ1) is 15.9. The fourth-order valence-corrected chi connectivity index (χ4v) is 2.90. The summed E-state index contributed by atoms with van der Waals surface area (Å²) in [5.74, 6) is 0.290. The van der Waals surface area contributed by atoms with Crippen molar-refractivity contribution < 1.29 is 28.9 Å². The van der Waals surface area contributed by atoms with Crippen LogP contribution in [0.2, 0.25) is 0 Å². The molecule has 0 bridgehead atoms. The van der Waals surface area contributed by atoms with Gasteiger partial charge >= 0.3 is 5.97 Å². The quantitative estimate of drug-likeness (QED) is 0.270. The van der Waals surface area contributed by atoms with E-state index in [-0.39, 0.29) is 18.0 Å². The van der Waals surface area contributed by atoms with Crippen LogP contribution in [0, 0.1) is 5.92 Å². The molecule has 2 N–H and O–H groups in total. The summed E-state index contributed by atoms with van der Waals surface area (Å²) >= 11 is 0. The van der Waals surface area contributed by atoms with Crippen LogP contribution in [0.5, 0.6) is 11.5 Å². The van der Waals surface area contributed by atoms with Crippen LogP contribution in [-0.2, 0) is 9.53 Å². The highest BCUT2D eigenvalue weighted by Crippen LogP contribution is 2.31. The van der Waals surface area contributed by atoms with Gasteiger partial charge in [-0.3, -0.25) is 4.79 Å². The monoisotopic (exact) mass is 454 g/mol.